The van der Waals surface area contributed by atoms with Gasteiger partial charge in [0.2, 0.25) is 0 Å². The quantitative estimate of drug-likeness (QED) is 0.927. The minimum absolute atomic E-state index is 0.0710. The van der Waals surface area contributed by atoms with Gasteiger partial charge in [0.25, 0.3) is 10.0 Å². The van der Waals surface area contributed by atoms with E-state index in [0.29, 0.717) is 18.5 Å². The Bertz CT molecular complexity index is 915. The molecule has 5 nitrogen and oxygen atoms in total. The number of carbonyl (C=O) groups is 1. The number of ketones is 1. The van der Waals surface area contributed by atoms with E-state index in [0.717, 1.165) is 11.1 Å². The SMILES string of the molecule is N#CC[C@@H]1C(=O)CCc2cc(NS(=O)(=O)c3ccccc3)ccc21. The number of benzene rings is 2. The molecule has 0 saturated heterocycles. The van der Waals surface area contributed by atoms with Gasteiger partial charge in [0.15, 0.2) is 0 Å². The van der Waals surface area contributed by atoms with E-state index in [4.69, 9.17) is 5.26 Å². The molecular weight excluding hydrogens is 324 g/mol. The van der Waals surface area contributed by atoms with Crippen molar-refractivity contribution in [1.29, 1.82) is 5.26 Å². The van der Waals surface area contributed by atoms with Crippen LogP contribution >= 0.6 is 0 Å². The van der Waals surface area contributed by atoms with E-state index in [2.05, 4.69) is 10.8 Å². The van der Waals surface area contributed by atoms with Crippen LogP contribution in [0.4, 0.5) is 5.69 Å². The second kappa shape index (κ2) is 6.46. The molecule has 6 heteroatoms. The van der Waals surface area contributed by atoms with Crippen LogP contribution in [-0.4, -0.2) is 14.2 Å². The highest BCUT2D eigenvalue weighted by Crippen LogP contribution is 2.33. The molecule has 0 radical (unpaired) electrons. The third kappa shape index (κ3) is 3.17. The molecule has 1 atom stereocenters. The zero-order chi connectivity index (χ0) is 17.2. The summed E-state index contributed by atoms with van der Waals surface area (Å²) in [7, 11) is -3.64. The van der Waals surface area contributed by atoms with Crippen LogP contribution in [0.3, 0.4) is 0 Å². The lowest BCUT2D eigenvalue weighted by Gasteiger charge is -2.23. The fourth-order valence-electron chi connectivity index (χ4n) is 2.96. The van der Waals surface area contributed by atoms with Gasteiger partial charge in [-0.25, -0.2) is 8.42 Å². The fraction of sp³-hybridized carbons (Fsp3) is 0.222. The fourth-order valence-corrected chi connectivity index (χ4v) is 4.03. The van der Waals surface area contributed by atoms with Crippen molar-refractivity contribution in [3.05, 3.63) is 59.7 Å². The van der Waals surface area contributed by atoms with Crippen LogP contribution in [-0.2, 0) is 21.2 Å². The number of carbonyl (C=O) groups excluding carboxylic acids is 1. The van der Waals surface area contributed by atoms with E-state index in [-0.39, 0.29) is 17.1 Å². The van der Waals surface area contributed by atoms with Gasteiger partial charge >= 0.3 is 0 Å². The van der Waals surface area contributed by atoms with Gasteiger partial charge < -0.3 is 0 Å². The molecule has 0 unspecified atom stereocenters. The number of nitriles is 1. The zero-order valence-electron chi connectivity index (χ0n) is 12.9. The van der Waals surface area contributed by atoms with Gasteiger partial charge in [0.05, 0.1) is 16.9 Å². The highest BCUT2D eigenvalue weighted by atomic mass is 32.2. The first-order chi connectivity index (χ1) is 11.5. The van der Waals surface area contributed by atoms with Crippen molar-refractivity contribution >= 4 is 21.5 Å². The maximum atomic E-state index is 12.4. The molecule has 2 aromatic rings. The number of nitrogens with zero attached hydrogens (tertiary/aromatic N) is 1. The molecule has 122 valence electrons. The van der Waals surface area contributed by atoms with E-state index >= 15 is 0 Å². The Balaban J connectivity index is 1.90. The summed E-state index contributed by atoms with van der Waals surface area (Å²) in [4.78, 5) is 12.2. The normalized spacial score (nSPS) is 17.0. The molecule has 0 heterocycles. The molecular formula is C18H16N2O3S. The summed E-state index contributed by atoms with van der Waals surface area (Å²) >= 11 is 0. The lowest BCUT2D eigenvalue weighted by Crippen LogP contribution is -2.21. The van der Waals surface area contributed by atoms with Crippen molar-refractivity contribution in [2.24, 2.45) is 0 Å². The number of fused-ring (bicyclic) bond motifs is 1. The highest BCUT2D eigenvalue weighted by Gasteiger charge is 2.27. The summed E-state index contributed by atoms with van der Waals surface area (Å²) in [6.45, 7) is 0. The van der Waals surface area contributed by atoms with Crippen molar-refractivity contribution in [3.63, 3.8) is 0 Å². The van der Waals surface area contributed by atoms with E-state index in [1.807, 2.05) is 0 Å². The van der Waals surface area contributed by atoms with Crippen molar-refractivity contribution in [2.75, 3.05) is 4.72 Å². The van der Waals surface area contributed by atoms with Gasteiger partial charge in [0, 0.05) is 18.5 Å². The molecule has 1 aliphatic carbocycles. The largest absolute Gasteiger partial charge is 0.299 e. The molecule has 3 rings (SSSR count). The summed E-state index contributed by atoms with van der Waals surface area (Å²) in [5.74, 6) is -0.333. The van der Waals surface area contributed by atoms with Crippen LogP contribution in [0.15, 0.2) is 53.4 Å². The third-order valence-electron chi connectivity index (χ3n) is 4.15. The number of sulfonamides is 1. The van der Waals surface area contributed by atoms with Crippen LogP contribution in [0.5, 0.6) is 0 Å². The molecule has 2 aromatic carbocycles. The number of nitrogens with one attached hydrogen (secondary N) is 1. The summed E-state index contributed by atoms with van der Waals surface area (Å²) in [5, 5.41) is 8.90. The molecule has 0 bridgehead atoms. The topological polar surface area (TPSA) is 87.0 Å². The van der Waals surface area contributed by atoms with Gasteiger partial charge in [0.1, 0.15) is 5.78 Å². The van der Waals surface area contributed by atoms with E-state index in [1.165, 1.54) is 12.1 Å². The van der Waals surface area contributed by atoms with E-state index in [9.17, 15) is 13.2 Å². The second-order valence-corrected chi connectivity index (χ2v) is 7.40. The molecule has 0 spiro atoms. The average molecular weight is 340 g/mol. The number of rotatable bonds is 4. The molecule has 0 aromatic heterocycles. The molecule has 0 amide bonds. The Morgan fingerprint density at radius 1 is 1.12 bits per heavy atom. The van der Waals surface area contributed by atoms with Gasteiger partial charge in [-0.3, -0.25) is 9.52 Å². The predicted molar refractivity (Wildman–Crippen MR) is 90.0 cm³/mol. The van der Waals surface area contributed by atoms with Crippen LogP contribution < -0.4 is 4.72 Å². The minimum Gasteiger partial charge on any atom is -0.299 e. The van der Waals surface area contributed by atoms with Gasteiger partial charge in [-0.05, 0) is 41.8 Å². The smallest absolute Gasteiger partial charge is 0.261 e. The summed E-state index contributed by atoms with van der Waals surface area (Å²) in [6, 6.07) is 15.3. The van der Waals surface area contributed by atoms with Gasteiger partial charge in [-0.15, -0.1) is 0 Å². The van der Waals surface area contributed by atoms with Crippen LogP contribution in [0.2, 0.25) is 0 Å². The Labute approximate surface area is 141 Å². The Hall–Kier alpha value is -2.65. The average Bonchev–Trinajstić information content (AvgIpc) is 2.58. The highest BCUT2D eigenvalue weighted by molar-refractivity contribution is 7.92. The first-order valence-corrected chi connectivity index (χ1v) is 9.10. The number of aryl methyl sites for hydroxylation is 1. The summed E-state index contributed by atoms with van der Waals surface area (Å²) < 4.78 is 27.3. The van der Waals surface area contributed by atoms with Crippen molar-refractivity contribution < 1.29 is 13.2 Å². The van der Waals surface area contributed by atoms with Crippen molar-refractivity contribution in [2.45, 2.75) is 30.1 Å². The third-order valence-corrected chi connectivity index (χ3v) is 5.55. The Morgan fingerprint density at radius 3 is 2.58 bits per heavy atom. The van der Waals surface area contributed by atoms with Crippen molar-refractivity contribution in [3.8, 4) is 6.07 Å². The lowest BCUT2D eigenvalue weighted by molar-refractivity contribution is -0.120. The number of hydrogen-bond acceptors (Lipinski definition) is 4. The Kier molecular flexibility index (Phi) is 4.36. The van der Waals surface area contributed by atoms with Crippen LogP contribution in [0, 0.1) is 11.3 Å². The molecule has 1 aliphatic rings. The van der Waals surface area contributed by atoms with Gasteiger partial charge in [-0.2, -0.15) is 5.26 Å². The summed E-state index contributed by atoms with van der Waals surface area (Å²) in [5.41, 5.74) is 2.21. The number of Topliss-reactive ketones (excluding diaryl/α,β-unsaturated/α-hetero) is 1. The molecule has 0 aliphatic heterocycles. The van der Waals surface area contributed by atoms with Gasteiger partial charge in [-0.1, -0.05) is 24.3 Å². The predicted octanol–water partition coefficient (Wildman–Crippen LogP) is 3.00. The maximum Gasteiger partial charge on any atom is 0.261 e. The molecule has 0 fully saturated rings. The monoisotopic (exact) mass is 340 g/mol. The maximum absolute atomic E-state index is 12.4. The lowest BCUT2D eigenvalue weighted by atomic mass is 9.80. The second-order valence-electron chi connectivity index (χ2n) is 5.71. The van der Waals surface area contributed by atoms with E-state index < -0.39 is 15.9 Å². The Morgan fingerprint density at radius 2 is 1.88 bits per heavy atom. The summed E-state index contributed by atoms with van der Waals surface area (Å²) in [6.07, 6.45) is 1.10. The number of hydrogen-bond donors (Lipinski definition) is 1. The molecule has 24 heavy (non-hydrogen) atoms. The first kappa shape index (κ1) is 16.2. The standard InChI is InChI=1S/C18H16N2O3S/c19-11-10-17-16-8-7-14(12-13(16)6-9-18(17)21)20-24(22,23)15-4-2-1-3-5-15/h1-5,7-8,12,17,20H,6,9-10H2/t17-/m0/s1. The van der Waals surface area contributed by atoms with E-state index in [1.54, 1.807) is 36.4 Å². The molecule has 0 saturated carbocycles. The first-order valence-electron chi connectivity index (χ1n) is 7.61. The van der Waals surface area contributed by atoms with Crippen LogP contribution in [0.1, 0.15) is 29.9 Å². The van der Waals surface area contributed by atoms with Crippen LogP contribution in [0.25, 0.3) is 0 Å². The minimum atomic E-state index is -3.64. The van der Waals surface area contributed by atoms with Crippen molar-refractivity contribution in [1.82, 2.24) is 0 Å². The molecule has 1 N–H and O–H groups in total. The number of anilines is 1. The zero-order valence-corrected chi connectivity index (χ0v) is 13.7.